The number of nitrogens with zero attached hydrogens (tertiary/aromatic N) is 2. The van der Waals surface area contributed by atoms with Crippen LogP contribution in [0.3, 0.4) is 0 Å². The predicted octanol–water partition coefficient (Wildman–Crippen LogP) is 1.08. The minimum absolute atomic E-state index is 0.472. The molecular formula is C10H18N2O2. The van der Waals surface area contributed by atoms with Crippen LogP contribution in [0.25, 0.3) is 0 Å². The molecule has 1 saturated heterocycles. The molecule has 0 aliphatic carbocycles. The summed E-state index contributed by atoms with van der Waals surface area (Å²) in [5, 5.41) is 4.00. The van der Waals surface area contributed by atoms with Crippen molar-refractivity contribution in [3.8, 4) is 0 Å². The van der Waals surface area contributed by atoms with Crippen molar-refractivity contribution in [1.82, 2.24) is 4.90 Å². The predicted molar refractivity (Wildman–Crippen MR) is 54.2 cm³/mol. The molecule has 4 heteroatoms. The Kier molecular flexibility index (Phi) is 3.24. The number of ether oxygens (including phenoxy) is 1. The summed E-state index contributed by atoms with van der Waals surface area (Å²) in [6.07, 6.45) is 3.54. The Balaban J connectivity index is 1.92. The highest BCUT2D eigenvalue weighted by Gasteiger charge is 2.23. The molecule has 4 nitrogen and oxygen atoms in total. The zero-order valence-corrected chi connectivity index (χ0v) is 8.74. The standard InChI is InChI=1S/C10H18N2O2/c1-12-5-2-3-9(4-6-12)10-11-14-8-7-13-10/h9H,2-8H2,1H3. The maximum absolute atomic E-state index is 5.51. The molecule has 1 atom stereocenters. The SMILES string of the molecule is CN1CCCC(C2=NOCCO2)CC1. The summed E-state index contributed by atoms with van der Waals surface area (Å²) in [5.74, 6) is 1.30. The van der Waals surface area contributed by atoms with Crippen molar-refractivity contribution in [2.45, 2.75) is 19.3 Å². The second-order valence-electron chi connectivity index (χ2n) is 4.04. The van der Waals surface area contributed by atoms with Crippen LogP contribution in [0.15, 0.2) is 5.16 Å². The van der Waals surface area contributed by atoms with E-state index in [1.807, 2.05) is 0 Å². The Labute approximate surface area is 84.8 Å². The average Bonchev–Trinajstić information content (AvgIpc) is 2.44. The second kappa shape index (κ2) is 4.64. The van der Waals surface area contributed by atoms with Crippen molar-refractivity contribution < 1.29 is 9.57 Å². The van der Waals surface area contributed by atoms with Crippen molar-refractivity contribution in [1.29, 1.82) is 0 Å². The minimum Gasteiger partial charge on any atom is -0.475 e. The van der Waals surface area contributed by atoms with Crippen LogP contribution in [0.1, 0.15) is 19.3 Å². The summed E-state index contributed by atoms with van der Waals surface area (Å²) in [4.78, 5) is 7.42. The highest BCUT2D eigenvalue weighted by Crippen LogP contribution is 2.20. The fraction of sp³-hybridized carbons (Fsp3) is 0.900. The van der Waals surface area contributed by atoms with Crippen LogP contribution >= 0.6 is 0 Å². The van der Waals surface area contributed by atoms with Crippen LogP contribution in [-0.4, -0.2) is 44.1 Å². The molecule has 0 N–H and O–H groups in total. The van der Waals surface area contributed by atoms with E-state index in [9.17, 15) is 0 Å². The van der Waals surface area contributed by atoms with Crippen LogP contribution in [0.2, 0.25) is 0 Å². The lowest BCUT2D eigenvalue weighted by Crippen LogP contribution is -2.25. The molecule has 0 aromatic carbocycles. The molecule has 80 valence electrons. The van der Waals surface area contributed by atoms with Gasteiger partial charge < -0.3 is 14.5 Å². The highest BCUT2D eigenvalue weighted by atomic mass is 16.7. The van der Waals surface area contributed by atoms with Gasteiger partial charge in [-0.05, 0) is 39.4 Å². The molecule has 0 aromatic heterocycles. The van der Waals surface area contributed by atoms with E-state index >= 15 is 0 Å². The van der Waals surface area contributed by atoms with Gasteiger partial charge >= 0.3 is 0 Å². The van der Waals surface area contributed by atoms with E-state index in [1.54, 1.807) is 0 Å². The Morgan fingerprint density at radius 1 is 1.29 bits per heavy atom. The Hall–Kier alpha value is -0.770. The maximum Gasteiger partial charge on any atom is 0.228 e. The first-order valence-corrected chi connectivity index (χ1v) is 5.37. The highest BCUT2D eigenvalue weighted by molar-refractivity contribution is 5.78. The monoisotopic (exact) mass is 198 g/mol. The van der Waals surface area contributed by atoms with E-state index in [1.165, 1.54) is 19.4 Å². The summed E-state index contributed by atoms with van der Waals surface area (Å²) in [6, 6.07) is 0. The molecule has 1 unspecified atom stereocenters. The van der Waals surface area contributed by atoms with Gasteiger partial charge in [0.25, 0.3) is 0 Å². The zero-order valence-electron chi connectivity index (χ0n) is 8.74. The van der Waals surface area contributed by atoms with Crippen LogP contribution in [-0.2, 0) is 9.57 Å². The van der Waals surface area contributed by atoms with Crippen LogP contribution in [0.5, 0.6) is 0 Å². The lowest BCUT2D eigenvalue weighted by atomic mass is 10.0. The van der Waals surface area contributed by atoms with Crippen molar-refractivity contribution in [2.24, 2.45) is 11.1 Å². The first kappa shape index (κ1) is 9.77. The molecule has 0 amide bonds. The maximum atomic E-state index is 5.51. The minimum atomic E-state index is 0.472. The number of likely N-dealkylation sites (tertiary alicyclic amines) is 1. The average molecular weight is 198 g/mol. The van der Waals surface area contributed by atoms with Gasteiger partial charge in [-0.2, -0.15) is 0 Å². The molecule has 0 saturated carbocycles. The lowest BCUT2D eigenvalue weighted by molar-refractivity contribution is 0.0564. The summed E-state index contributed by atoms with van der Waals surface area (Å²) >= 11 is 0. The molecule has 14 heavy (non-hydrogen) atoms. The van der Waals surface area contributed by atoms with Gasteiger partial charge in [0.15, 0.2) is 6.61 Å². The topological polar surface area (TPSA) is 34.1 Å². The van der Waals surface area contributed by atoms with Gasteiger partial charge in [-0.1, -0.05) is 5.16 Å². The van der Waals surface area contributed by atoms with Gasteiger partial charge in [-0.3, -0.25) is 0 Å². The third-order valence-electron chi connectivity index (χ3n) is 2.88. The first-order chi connectivity index (χ1) is 6.86. The number of rotatable bonds is 1. The van der Waals surface area contributed by atoms with E-state index in [2.05, 4.69) is 17.1 Å². The quantitative estimate of drug-likeness (QED) is 0.632. The summed E-state index contributed by atoms with van der Waals surface area (Å²) in [5.41, 5.74) is 0. The van der Waals surface area contributed by atoms with Crippen molar-refractivity contribution in [3.05, 3.63) is 0 Å². The molecule has 2 aliphatic rings. The fourth-order valence-electron chi connectivity index (χ4n) is 2.00. The number of oxime groups is 1. The van der Waals surface area contributed by atoms with Gasteiger partial charge in [0, 0.05) is 5.92 Å². The van der Waals surface area contributed by atoms with E-state index in [0.717, 1.165) is 18.9 Å². The largest absolute Gasteiger partial charge is 0.475 e. The molecule has 0 bridgehead atoms. The van der Waals surface area contributed by atoms with Crippen molar-refractivity contribution in [2.75, 3.05) is 33.4 Å². The summed E-state index contributed by atoms with van der Waals surface area (Å²) in [7, 11) is 2.17. The van der Waals surface area contributed by atoms with Gasteiger partial charge in [0.05, 0.1) is 0 Å². The zero-order chi connectivity index (χ0) is 9.80. The van der Waals surface area contributed by atoms with Gasteiger partial charge in [0.1, 0.15) is 6.61 Å². The van der Waals surface area contributed by atoms with E-state index in [-0.39, 0.29) is 0 Å². The Morgan fingerprint density at radius 3 is 3.00 bits per heavy atom. The van der Waals surface area contributed by atoms with E-state index in [0.29, 0.717) is 19.1 Å². The molecule has 0 radical (unpaired) electrons. The Bertz CT molecular complexity index is 218. The normalized spacial score (nSPS) is 29.8. The molecule has 2 heterocycles. The third kappa shape index (κ3) is 2.38. The summed E-state index contributed by atoms with van der Waals surface area (Å²) < 4.78 is 5.51. The molecule has 0 aromatic rings. The molecular weight excluding hydrogens is 180 g/mol. The van der Waals surface area contributed by atoms with Crippen LogP contribution in [0.4, 0.5) is 0 Å². The molecule has 2 rings (SSSR count). The summed E-state index contributed by atoms with van der Waals surface area (Å²) in [6.45, 7) is 3.57. The van der Waals surface area contributed by atoms with Gasteiger partial charge in [0.2, 0.25) is 5.90 Å². The van der Waals surface area contributed by atoms with E-state index in [4.69, 9.17) is 9.57 Å². The van der Waals surface area contributed by atoms with Crippen LogP contribution < -0.4 is 0 Å². The number of hydrogen-bond donors (Lipinski definition) is 0. The lowest BCUT2D eigenvalue weighted by Gasteiger charge is -2.20. The molecule has 0 spiro atoms. The van der Waals surface area contributed by atoms with Crippen molar-refractivity contribution in [3.63, 3.8) is 0 Å². The molecule has 2 aliphatic heterocycles. The van der Waals surface area contributed by atoms with E-state index < -0.39 is 0 Å². The first-order valence-electron chi connectivity index (χ1n) is 5.37. The molecule has 1 fully saturated rings. The second-order valence-corrected chi connectivity index (χ2v) is 4.04. The fourth-order valence-corrected chi connectivity index (χ4v) is 2.00. The van der Waals surface area contributed by atoms with Crippen LogP contribution in [0, 0.1) is 5.92 Å². The Morgan fingerprint density at radius 2 is 2.21 bits per heavy atom. The van der Waals surface area contributed by atoms with Gasteiger partial charge in [-0.25, -0.2) is 0 Å². The number of hydrogen-bond acceptors (Lipinski definition) is 4. The van der Waals surface area contributed by atoms with Gasteiger partial charge in [-0.15, -0.1) is 0 Å². The third-order valence-corrected chi connectivity index (χ3v) is 2.88. The van der Waals surface area contributed by atoms with Crippen molar-refractivity contribution >= 4 is 5.90 Å². The smallest absolute Gasteiger partial charge is 0.228 e.